The molecule has 1 aromatic heterocycles. The van der Waals surface area contributed by atoms with Crippen LogP contribution in [-0.2, 0) is 17.8 Å². The first-order valence-corrected chi connectivity index (χ1v) is 7.91. The molecule has 2 rings (SSSR count). The maximum atomic E-state index is 12.3. The third-order valence-electron chi connectivity index (χ3n) is 3.44. The van der Waals surface area contributed by atoms with Gasteiger partial charge in [-0.25, -0.2) is 0 Å². The Morgan fingerprint density at radius 3 is 2.68 bits per heavy atom. The van der Waals surface area contributed by atoms with E-state index in [9.17, 15) is 4.21 Å². The van der Waals surface area contributed by atoms with Crippen LogP contribution in [0.1, 0.15) is 39.2 Å². The fourth-order valence-electron chi connectivity index (χ4n) is 2.20. The molecule has 0 spiro atoms. The maximum Gasteiger partial charge on any atom is 0.0681 e. The fraction of sp³-hybridized carbons (Fsp3) is 0.533. The lowest BCUT2D eigenvalue weighted by Gasteiger charge is -2.21. The van der Waals surface area contributed by atoms with Crippen molar-refractivity contribution >= 4 is 21.7 Å². The molecule has 1 aromatic carbocycles. The van der Waals surface area contributed by atoms with Gasteiger partial charge in [0.15, 0.2) is 0 Å². The molecular formula is C15H22N2OS. The van der Waals surface area contributed by atoms with Crippen LogP contribution in [0.15, 0.2) is 24.4 Å². The minimum atomic E-state index is -0.831. The summed E-state index contributed by atoms with van der Waals surface area (Å²) in [5, 5.41) is 5.48. The van der Waals surface area contributed by atoms with Gasteiger partial charge >= 0.3 is 0 Å². The number of benzene rings is 1. The van der Waals surface area contributed by atoms with E-state index >= 15 is 0 Å². The minimum Gasteiger partial charge on any atom is -0.268 e. The zero-order chi connectivity index (χ0) is 14.2. The van der Waals surface area contributed by atoms with Crippen LogP contribution in [0, 0.1) is 0 Å². The highest BCUT2D eigenvalue weighted by atomic mass is 32.2. The number of fused-ring (bicyclic) bond motifs is 1. The number of nitrogens with zero attached hydrogens (tertiary/aromatic N) is 2. The first-order valence-electron chi connectivity index (χ1n) is 6.60. The van der Waals surface area contributed by atoms with Crippen LogP contribution in [0.2, 0.25) is 0 Å². The van der Waals surface area contributed by atoms with Crippen LogP contribution in [0.5, 0.6) is 0 Å². The molecule has 2 atom stereocenters. The Balaban J connectivity index is 2.32. The normalized spacial score (nSPS) is 15.6. The van der Waals surface area contributed by atoms with Crippen LogP contribution in [-0.4, -0.2) is 24.5 Å². The molecule has 1 heterocycles. The van der Waals surface area contributed by atoms with E-state index in [0.717, 1.165) is 5.52 Å². The van der Waals surface area contributed by atoms with Gasteiger partial charge in [0.1, 0.15) is 0 Å². The molecule has 2 aromatic rings. The van der Waals surface area contributed by atoms with Crippen LogP contribution in [0.25, 0.3) is 10.9 Å². The van der Waals surface area contributed by atoms with Crippen LogP contribution in [0.3, 0.4) is 0 Å². The quantitative estimate of drug-likeness (QED) is 0.864. The predicted molar refractivity (Wildman–Crippen MR) is 81.9 cm³/mol. The second-order valence-corrected chi connectivity index (χ2v) is 8.32. The van der Waals surface area contributed by atoms with E-state index in [4.69, 9.17) is 0 Å². The van der Waals surface area contributed by atoms with Gasteiger partial charge in [-0.05, 0) is 38.3 Å². The summed E-state index contributed by atoms with van der Waals surface area (Å²) in [6, 6.07) is 6.24. The van der Waals surface area contributed by atoms with Gasteiger partial charge < -0.3 is 0 Å². The van der Waals surface area contributed by atoms with E-state index in [1.165, 1.54) is 10.9 Å². The molecule has 0 saturated heterocycles. The van der Waals surface area contributed by atoms with E-state index in [2.05, 4.69) is 30.2 Å². The Bertz CT molecular complexity index is 610. The summed E-state index contributed by atoms with van der Waals surface area (Å²) in [5.41, 5.74) is 2.37. The third kappa shape index (κ3) is 2.89. The molecule has 3 nitrogen and oxygen atoms in total. The van der Waals surface area contributed by atoms with Crippen LogP contribution in [0.4, 0.5) is 0 Å². The van der Waals surface area contributed by atoms with Gasteiger partial charge in [0, 0.05) is 33.7 Å². The van der Waals surface area contributed by atoms with Gasteiger partial charge in [-0.1, -0.05) is 19.1 Å². The molecule has 0 aliphatic rings. The van der Waals surface area contributed by atoms with E-state index in [0.29, 0.717) is 5.75 Å². The van der Waals surface area contributed by atoms with Crippen molar-refractivity contribution in [2.24, 2.45) is 7.05 Å². The van der Waals surface area contributed by atoms with Gasteiger partial charge in [-0.2, -0.15) is 5.10 Å². The minimum absolute atomic E-state index is 0.156. The highest BCUT2D eigenvalue weighted by Gasteiger charge is 2.23. The van der Waals surface area contributed by atoms with Gasteiger partial charge in [-0.15, -0.1) is 0 Å². The summed E-state index contributed by atoms with van der Waals surface area (Å²) in [6.45, 7) is 8.23. The SMILES string of the molecule is C[C@H](C[S@@](=O)C(C)(C)C)c1cccc2c1cnn2C. The van der Waals surface area contributed by atoms with Crippen molar-refractivity contribution in [3.63, 3.8) is 0 Å². The number of aromatic nitrogens is 2. The summed E-state index contributed by atoms with van der Waals surface area (Å²) in [4.78, 5) is 0. The van der Waals surface area contributed by atoms with Crippen LogP contribution < -0.4 is 0 Å². The maximum absolute atomic E-state index is 12.3. The Morgan fingerprint density at radius 2 is 2.05 bits per heavy atom. The summed E-state index contributed by atoms with van der Waals surface area (Å²) in [6.07, 6.45) is 1.90. The van der Waals surface area contributed by atoms with Gasteiger partial charge in [0.05, 0.1) is 11.7 Å². The van der Waals surface area contributed by atoms with E-state index in [-0.39, 0.29) is 10.7 Å². The molecule has 104 valence electrons. The lowest BCUT2D eigenvalue weighted by molar-refractivity contribution is 0.643. The molecule has 19 heavy (non-hydrogen) atoms. The highest BCUT2D eigenvalue weighted by molar-refractivity contribution is 7.86. The number of hydrogen-bond acceptors (Lipinski definition) is 2. The smallest absolute Gasteiger partial charge is 0.0681 e. The average molecular weight is 278 g/mol. The first-order chi connectivity index (χ1) is 8.80. The summed E-state index contributed by atoms with van der Waals surface area (Å²) >= 11 is 0. The lowest BCUT2D eigenvalue weighted by atomic mass is 9.99. The van der Waals surface area contributed by atoms with E-state index < -0.39 is 10.8 Å². The van der Waals surface area contributed by atoms with E-state index in [1.807, 2.05) is 38.7 Å². The van der Waals surface area contributed by atoms with Crippen molar-refractivity contribution < 1.29 is 4.21 Å². The fourth-order valence-corrected chi connectivity index (χ4v) is 3.33. The molecule has 0 radical (unpaired) electrons. The van der Waals surface area contributed by atoms with Crippen molar-refractivity contribution in [3.05, 3.63) is 30.0 Å². The van der Waals surface area contributed by atoms with Crippen molar-refractivity contribution in [3.8, 4) is 0 Å². The number of aryl methyl sites for hydroxylation is 1. The Morgan fingerprint density at radius 1 is 1.37 bits per heavy atom. The monoisotopic (exact) mass is 278 g/mol. The predicted octanol–water partition coefficient (Wildman–Crippen LogP) is 3.22. The summed E-state index contributed by atoms with van der Waals surface area (Å²) < 4.78 is 14.0. The van der Waals surface area contributed by atoms with Crippen molar-refractivity contribution in [1.82, 2.24) is 9.78 Å². The third-order valence-corrected chi connectivity index (χ3v) is 5.61. The Kier molecular flexibility index (Phi) is 3.81. The molecule has 0 unspecified atom stereocenters. The molecule has 0 aliphatic heterocycles. The molecular weight excluding hydrogens is 256 g/mol. The molecule has 0 aliphatic carbocycles. The first kappa shape index (κ1) is 14.3. The van der Waals surface area contributed by atoms with Gasteiger partial charge in [0.25, 0.3) is 0 Å². The molecule has 0 fully saturated rings. The average Bonchev–Trinajstić information content (AvgIpc) is 2.70. The van der Waals surface area contributed by atoms with E-state index in [1.54, 1.807) is 0 Å². The largest absolute Gasteiger partial charge is 0.268 e. The summed E-state index contributed by atoms with van der Waals surface area (Å²) in [7, 11) is 1.12. The Hall–Kier alpha value is -1.16. The molecule has 0 saturated carbocycles. The van der Waals surface area contributed by atoms with Gasteiger partial charge in [-0.3, -0.25) is 8.89 Å². The van der Waals surface area contributed by atoms with Crippen molar-refractivity contribution in [1.29, 1.82) is 0 Å². The standard InChI is InChI=1S/C15H22N2OS/c1-11(10-19(18)15(2,3)4)12-7-6-8-14-13(12)9-16-17(14)5/h6-9,11H,10H2,1-5H3/t11-,19-/m1/s1. The zero-order valence-corrected chi connectivity index (χ0v) is 13.1. The summed E-state index contributed by atoms with van der Waals surface area (Å²) in [5.74, 6) is 0.963. The number of rotatable bonds is 3. The van der Waals surface area contributed by atoms with Crippen molar-refractivity contribution in [2.45, 2.75) is 38.4 Å². The second kappa shape index (κ2) is 5.08. The van der Waals surface area contributed by atoms with Crippen LogP contribution >= 0.6 is 0 Å². The van der Waals surface area contributed by atoms with Crippen molar-refractivity contribution in [2.75, 3.05) is 5.75 Å². The highest BCUT2D eigenvalue weighted by Crippen LogP contribution is 2.27. The molecule has 0 amide bonds. The molecule has 4 heteroatoms. The number of hydrogen-bond donors (Lipinski definition) is 0. The second-order valence-electron chi connectivity index (χ2n) is 6.07. The topological polar surface area (TPSA) is 34.9 Å². The van der Waals surface area contributed by atoms with Gasteiger partial charge in [0.2, 0.25) is 0 Å². The molecule has 0 bridgehead atoms. The zero-order valence-electron chi connectivity index (χ0n) is 12.3. The lowest BCUT2D eigenvalue weighted by Crippen LogP contribution is -2.26. The Labute approximate surface area is 117 Å². The molecule has 0 N–H and O–H groups in total.